The summed E-state index contributed by atoms with van der Waals surface area (Å²) in [7, 11) is 0. The minimum absolute atomic E-state index is 0.907. The minimum atomic E-state index is 0.907. The van der Waals surface area contributed by atoms with Crippen molar-refractivity contribution < 1.29 is 4.74 Å². The lowest BCUT2D eigenvalue weighted by molar-refractivity contribution is 0.487. The molecule has 0 saturated carbocycles. The molecule has 0 bridgehead atoms. The third-order valence-electron chi connectivity index (χ3n) is 11.3. The number of nitrogens with zero attached hydrogens (tertiary/aromatic N) is 1. The normalized spacial score (nSPS) is 12.4. The molecule has 0 aliphatic carbocycles. The summed E-state index contributed by atoms with van der Waals surface area (Å²) in [5.74, 6) is 1.82. The summed E-state index contributed by atoms with van der Waals surface area (Å²) < 4.78 is 8.91. The molecule has 1 aromatic heterocycles. The maximum Gasteiger partial charge on any atom is 0.135 e. The molecule has 240 valence electrons. The molecule has 0 fully saturated rings. The predicted molar refractivity (Wildman–Crippen MR) is 218 cm³/mol. The van der Waals surface area contributed by atoms with Crippen molar-refractivity contribution in [2.45, 2.75) is 0 Å². The van der Waals surface area contributed by atoms with Gasteiger partial charge in [0.2, 0.25) is 0 Å². The number of hydrogen-bond acceptors (Lipinski definition) is 1. The number of para-hydroxylation sites is 1. The van der Waals surface area contributed by atoms with Crippen LogP contribution in [-0.2, 0) is 0 Å². The maximum absolute atomic E-state index is 6.49. The summed E-state index contributed by atoms with van der Waals surface area (Å²) >= 11 is 0. The zero-order chi connectivity index (χ0) is 33.9. The highest BCUT2D eigenvalue weighted by Crippen LogP contribution is 2.51. The predicted octanol–water partition coefficient (Wildman–Crippen LogP) is 13.9. The van der Waals surface area contributed by atoms with E-state index >= 15 is 0 Å². The Morgan fingerprint density at radius 1 is 0.327 bits per heavy atom. The van der Waals surface area contributed by atoms with Gasteiger partial charge < -0.3 is 9.30 Å². The lowest BCUT2D eigenvalue weighted by Gasteiger charge is -2.24. The fourth-order valence-electron chi connectivity index (χ4n) is 9.20. The largest absolute Gasteiger partial charge is 0.456 e. The highest BCUT2D eigenvalue weighted by molar-refractivity contribution is 6.26. The van der Waals surface area contributed by atoms with E-state index in [0.717, 1.165) is 22.7 Å². The molecular formula is C50H29NO. The van der Waals surface area contributed by atoms with E-state index in [1.165, 1.54) is 92.7 Å². The molecule has 0 saturated heterocycles. The van der Waals surface area contributed by atoms with Gasteiger partial charge in [-0.1, -0.05) is 140 Å². The number of ether oxygens (including phenoxy) is 1. The molecule has 2 heterocycles. The molecule has 12 rings (SSSR count). The van der Waals surface area contributed by atoms with Gasteiger partial charge in [0, 0.05) is 27.4 Å². The summed E-state index contributed by atoms with van der Waals surface area (Å²) in [5, 5.41) is 12.6. The van der Waals surface area contributed by atoms with Crippen LogP contribution < -0.4 is 4.74 Å². The highest BCUT2D eigenvalue weighted by atomic mass is 16.5. The second-order valence-electron chi connectivity index (χ2n) is 14.0. The average molecular weight is 660 g/mol. The Kier molecular flexibility index (Phi) is 5.53. The lowest BCUT2D eigenvalue weighted by Crippen LogP contribution is -1.98. The Morgan fingerprint density at radius 3 is 1.54 bits per heavy atom. The van der Waals surface area contributed by atoms with Crippen molar-refractivity contribution in [1.29, 1.82) is 0 Å². The first kappa shape index (κ1) is 27.9. The number of benzene rings is 10. The zero-order valence-electron chi connectivity index (χ0n) is 28.1. The van der Waals surface area contributed by atoms with Crippen molar-refractivity contribution in [2.24, 2.45) is 0 Å². The first-order valence-electron chi connectivity index (χ1n) is 17.9. The molecule has 0 amide bonds. The van der Waals surface area contributed by atoms with Crippen LogP contribution in [0.5, 0.6) is 11.5 Å². The van der Waals surface area contributed by atoms with E-state index in [2.05, 4.69) is 174 Å². The van der Waals surface area contributed by atoms with Crippen molar-refractivity contribution in [3.05, 3.63) is 176 Å². The van der Waals surface area contributed by atoms with Crippen molar-refractivity contribution in [3.63, 3.8) is 0 Å². The van der Waals surface area contributed by atoms with Crippen molar-refractivity contribution in [2.75, 3.05) is 0 Å². The Balaban J connectivity index is 1.09. The van der Waals surface area contributed by atoms with Gasteiger partial charge in [-0.15, -0.1) is 0 Å². The molecule has 0 spiro atoms. The standard InChI is InChI=1S/C50H29NO/c1-3-15-37-35(13-1)46(32-24-26-33(27-25-32)51-42-18-7-10-30-22-23-31-11-8-19-43(51)48(31)47(30)42)36-14-2-4-16-38(36)49(37)41-29-28-40-34-12-5-6-20-44(34)52-45-21-9-17-39(41)50(40)45/h1-29H. The van der Waals surface area contributed by atoms with E-state index in [4.69, 9.17) is 4.74 Å². The summed E-state index contributed by atoms with van der Waals surface area (Å²) in [4.78, 5) is 0. The number of aromatic nitrogens is 1. The maximum atomic E-state index is 6.49. The fraction of sp³-hybridized carbons (Fsp3) is 0. The van der Waals surface area contributed by atoms with Gasteiger partial charge in [0.05, 0.1) is 11.0 Å². The average Bonchev–Trinajstić information content (AvgIpc) is 3.55. The van der Waals surface area contributed by atoms with Gasteiger partial charge in [-0.2, -0.15) is 0 Å². The smallest absolute Gasteiger partial charge is 0.135 e. The Bertz CT molecular complexity index is 3130. The third-order valence-corrected chi connectivity index (χ3v) is 11.3. The molecule has 1 aliphatic heterocycles. The van der Waals surface area contributed by atoms with Crippen LogP contribution in [0.3, 0.4) is 0 Å². The zero-order valence-corrected chi connectivity index (χ0v) is 28.1. The molecule has 0 radical (unpaired) electrons. The summed E-state index contributed by atoms with van der Waals surface area (Å²) in [6, 6.07) is 64.3. The van der Waals surface area contributed by atoms with Crippen LogP contribution in [-0.4, -0.2) is 4.57 Å². The van der Waals surface area contributed by atoms with Gasteiger partial charge in [-0.3, -0.25) is 0 Å². The third kappa shape index (κ3) is 3.68. The van der Waals surface area contributed by atoms with Crippen LogP contribution in [0.2, 0.25) is 0 Å². The van der Waals surface area contributed by atoms with E-state index in [-0.39, 0.29) is 0 Å². The fourth-order valence-corrected chi connectivity index (χ4v) is 9.20. The number of fused-ring (bicyclic) bond motifs is 4. The topological polar surface area (TPSA) is 14.2 Å². The van der Waals surface area contributed by atoms with Crippen molar-refractivity contribution in [1.82, 2.24) is 4.57 Å². The molecule has 0 atom stereocenters. The molecule has 0 N–H and O–H groups in total. The Labute approximate surface area is 299 Å². The van der Waals surface area contributed by atoms with Crippen LogP contribution in [0.4, 0.5) is 0 Å². The Morgan fingerprint density at radius 2 is 0.865 bits per heavy atom. The van der Waals surface area contributed by atoms with Crippen molar-refractivity contribution >= 4 is 64.9 Å². The number of rotatable bonds is 3. The van der Waals surface area contributed by atoms with Gasteiger partial charge in [0.25, 0.3) is 0 Å². The molecule has 2 heteroatoms. The van der Waals surface area contributed by atoms with Crippen LogP contribution >= 0.6 is 0 Å². The molecular weight excluding hydrogens is 631 g/mol. The second-order valence-corrected chi connectivity index (χ2v) is 14.0. The minimum Gasteiger partial charge on any atom is -0.456 e. The highest BCUT2D eigenvalue weighted by Gasteiger charge is 2.24. The molecule has 1 aliphatic rings. The Hall–Kier alpha value is -6.90. The summed E-state index contributed by atoms with van der Waals surface area (Å²) in [5.41, 5.74) is 10.9. The first-order valence-corrected chi connectivity index (χ1v) is 17.9. The SMILES string of the molecule is c1ccc2c(c1)Oc1cccc3c(-c4c5ccccc5c(-c5ccc(-n6c7cccc8ccc9cccc6c9c87)cc5)c5ccccc45)ccc-2c13. The molecule has 11 aromatic rings. The van der Waals surface area contributed by atoms with Gasteiger partial charge in [0.15, 0.2) is 0 Å². The molecule has 10 aromatic carbocycles. The summed E-state index contributed by atoms with van der Waals surface area (Å²) in [6.07, 6.45) is 0. The lowest BCUT2D eigenvalue weighted by atomic mass is 9.83. The van der Waals surface area contributed by atoms with Gasteiger partial charge in [-0.25, -0.2) is 0 Å². The van der Waals surface area contributed by atoms with Gasteiger partial charge in [0.1, 0.15) is 11.5 Å². The van der Waals surface area contributed by atoms with E-state index in [0.29, 0.717) is 0 Å². The summed E-state index contributed by atoms with van der Waals surface area (Å²) in [6.45, 7) is 0. The van der Waals surface area contributed by atoms with Gasteiger partial charge in [-0.05, 0) is 102 Å². The van der Waals surface area contributed by atoms with Crippen LogP contribution in [0, 0.1) is 0 Å². The van der Waals surface area contributed by atoms with Crippen molar-refractivity contribution in [3.8, 4) is 50.6 Å². The van der Waals surface area contributed by atoms with Crippen LogP contribution in [0.1, 0.15) is 0 Å². The molecule has 52 heavy (non-hydrogen) atoms. The quantitative estimate of drug-likeness (QED) is 0.136. The van der Waals surface area contributed by atoms with Gasteiger partial charge >= 0.3 is 0 Å². The monoisotopic (exact) mass is 659 g/mol. The van der Waals surface area contributed by atoms with Crippen LogP contribution in [0.25, 0.3) is 104 Å². The van der Waals surface area contributed by atoms with E-state index in [1.807, 2.05) is 6.07 Å². The van der Waals surface area contributed by atoms with E-state index in [1.54, 1.807) is 0 Å². The van der Waals surface area contributed by atoms with E-state index < -0.39 is 0 Å². The molecule has 2 nitrogen and oxygen atoms in total. The van der Waals surface area contributed by atoms with E-state index in [9.17, 15) is 0 Å². The molecule has 0 unspecified atom stereocenters. The first-order chi connectivity index (χ1) is 25.8. The van der Waals surface area contributed by atoms with Crippen LogP contribution in [0.15, 0.2) is 176 Å². The second kappa shape index (κ2) is 10.3. The number of hydrogen-bond donors (Lipinski definition) is 0.